The zero-order valence-electron chi connectivity index (χ0n) is 18.0. The number of piperidine rings is 1. The standard InChI is InChI=1S/C24H27Cl2NO3S.ClH/c1-2-16-3-6-20(25)18(23(16)26)14-31-17-4-5-19-21(13-17)30-15-24(19)8-11-27(12-9-24)10-7-22(28)29;/h3-6,13H,2,7-12,14-15H2,1H3,(H,28,29);1H. The molecule has 1 N–H and O–H groups in total. The molecule has 8 heteroatoms. The average Bonchev–Trinajstić information content (AvgIpc) is 3.11. The van der Waals surface area contributed by atoms with Crippen molar-refractivity contribution in [2.45, 2.75) is 48.7 Å². The molecule has 0 aliphatic carbocycles. The van der Waals surface area contributed by atoms with Crippen LogP contribution in [0.25, 0.3) is 0 Å². The van der Waals surface area contributed by atoms with Gasteiger partial charge in [-0.3, -0.25) is 4.79 Å². The molecule has 4 nitrogen and oxygen atoms in total. The number of carbonyl (C=O) groups is 1. The van der Waals surface area contributed by atoms with Gasteiger partial charge in [-0.25, -0.2) is 0 Å². The van der Waals surface area contributed by atoms with Gasteiger partial charge >= 0.3 is 5.97 Å². The van der Waals surface area contributed by atoms with Gasteiger partial charge in [0.05, 0.1) is 13.0 Å². The van der Waals surface area contributed by atoms with Crippen LogP contribution in [0.3, 0.4) is 0 Å². The molecule has 32 heavy (non-hydrogen) atoms. The lowest BCUT2D eigenvalue weighted by molar-refractivity contribution is -0.137. The Hall–Kier alpha value is -1.11. The molecule has 4 rings (SSSR count). The second-order valence-corrected chi connectivity index (χ2v) is 10.2. The first-order valence-corrected chi connectivity index (χ1v) is 12.5. The molecule has 2 aliphatic rings. The highest BCUT2D eigenvalue weighted by Gasteiger charge is 2.43. The number of benzene rings is 2. The summed E-state index contributed by atoms with van der Waals surface area (Å²) in [7, 11) is 0. The van der Waals surface area contributed by atoms with E-state index in [2.05, 4.69) is 30.0 Å². The Bertz CT molecular complexity index is 977. The topological polar surface area (TPSA) is 49.8 Å². The Morgan fingerprint density at radius 2 is 1.97 bits per heavy atom. The van der Waals surface area contributed by atoms with Gasteiger partial charge in [0.25, 0.3) is 0 Å². The maximum atomic E-state index is 10.8. The Morgan fingerprint density at radius 1 is 1.22 bits per heavy atom. The number of hydrogen-bond donors (Lipinski definition) is 1. The zero-order valence-corrected chi connectivity index (χ0v) is 21.2. The van der Waals surface area contributed by atoms with Gasteiger partial charge in [-0.05, 0) is 61.7 Å². The van der Waals surface area contributed by atoms with Crippen molar-refractivity contribution in [2.75, 3.05) is 26.2 Å². The molecule has 0 atom stereocenters. The quantitative estimate of drug-likeness (QED) is 0.427. The monoisotopic (exact) mass is 515 g/mol. The fourth-order valence-electron chi connectivity index (χ4n) is 4.52. The average molecular weight is 517 g/mol. The van der Waals surface area contributed by atoms with Crippen LogP contribution in [-0.4, -0.2) is 42.2 Å². The van der Waals surface area contributed by atoms with E-state index in [9.17, 15) is 4.79 Å². The number of halogens is 3. The van der Waals surface area contributed by atoms with Crippen LogP contribution in [0.4, 0.5) is 0 Å². The Kier molecular flexibility index (Phi) is 8.67. The van der Waals surface area contributed by atoms with Gasteiger partial charge in [0, 0.05) is 38.2 Å². The molecular weight excluding hydrogens is 489 g/mol. The molecule has 2 aromatic carbocycles. The minimum Gasteiger partial charge on any atom is -0.492 e. The molecular formula is C24H28Cl3NO3S. The number of nitrogens with zero attached hydrogens (tertiary/aromatic N) is 1. The number of hydrogen-bond acceptors (Lipinski definition) is 4. The molecule has 2 aromatic rings. The van der Waals surface area contributed by atoms with Crippen molar-refractivity contribution in [1.29, 1.82) is 0 Å². The van der Waals surface area contributed by atoms with E-state index in [0.717, 1.165) is 59.1 Å². The van der Waals surface area contributed by atoms with Crippen molar-refractivity contribution in [1.82, 2.24) is 4.90 Å². The third kappa shape index (κ3) is 5.34. The van der Waals surface area contributed by atoms with Crippen LogP contribution in [0, 0.1) is 0 Å². The molecule has 1 spiro atoms. The molecule has 0 amide bonds. The van der Waals surface area contributed by atoms with E-state index in [1.807, 2.05) is 12.1 Å². The van der Waals surface area contributed by atoms with Crippen LogP contribution in [0.15, 0.2) is 35.2 Å². The van der Waals surface area contributed by atoms with Crippen molar-refractivity contribution >= 4 is 53.3 Å². The minimum absolute atomic E-state index is 0. The Morgan fingerprint density at radius 3 is 2.66 bits per heavy atom. The Balaban J connectivity index is 0.00000289. The highest BCUT2D eigenvalue weighted by molar-refractivity contribution is 7.98. The van der Waals surface area contributed by atoms with Gasteiger partial charge in [-0.1, -0.05) is 42.3 Å². The second-order valence-electron chi connectivity index (χ2n) is 8.35. The first-order valence-electron chi connectivity index (χ1n) is 10.7. The number of aliphatic carboxylic acids is 1. The smallest absolute Gasteiger partial charge is 0.304 e. The van der Waals surface area contributed by atoms with E-state index in [-0.39, 0.29) is 24.2 Å². The molecule has 2 aliphatic heterocycles. The van der Waals surface area contributed by atoms with E-state index >= 15 is 0 Å². The molecule has 2 heterocycles. The van der Waals surface area contributed by atoms with Gasteiger partial charge in [0.1, 0.15) is 5.75 Å². The summed E-state index contributed by atoms with van der Waals surface area (Å²) in [5, 5.41) is 10.4. The van der Waals surface area contributed by atoms with Gasteiger partial charge in [0.15, 0.2) is 0 Å². The lowest BCUT2D eigenvalue weighted by Gasteiger charge is -2.38. The third-order valence-electron chi connectivity index (χ3n) is 6.51. The van der Waals surface area contributed by atoms with Crippen LogP contribution in [-0.2, 0) is 22.4 Å². The summed E-state index contributed by atoms with van der Waals surface area (Å²) in [6.07, 6.45) is 3.09. The van der Waals surface area contributed by atoms with Crippen molar-refractivity contribution < 1.29 is 14.6 Å². The second kappa shape index (κ2) is 10.9. The summed E-state index contributed by atoms with van der Waals surface area (Å²) < 4.78 is 6.12. The fraction of sp³-hybridized carbons (Fsp3) is 0.458. The number of ether oxygens (including phenoxy) is 1. The predicted molar refractivity (Wildman–Crippen MR) is 134 cm³/mol. The van der Waals surface area contributed by atoms with E-state index < -0.39 is 5.97 Å². The summed E-state index contributed by atoms with van der Waals surface area (Å²) in [5.41, 5.74) is 3.45. The number of likely N-dealkylation sites (tertiary alicyclic amines) is 1. The van der Waals surface area contributed by atoms with Crippen molar-refractivity contribution in [2.24, 2.45) is 0 Å². The van der Waals surface area contributed by atoms with Crippen molar-refractivity contribution in [3.63, 3.8) is 0 Å². The first kappa shape index (κ1) is 25.5. The summed E-state index contributed by atoms with van der Waals surface area (Å²) >= 11 is 14.7. The predicted octanol–water partition coefficient (Wildman–Crippen LogP) is 6.47. The van der Waals surface area contributed by atoms with Crippen molar-refractivity contribution in [3.05, 3.63) is 57.1 Å². The van der Waals surface area contributed by atoms with Crippen LogP contribution < -0.4 is 4.74 Å². The number of aryl methyl sites for hydroxylation is 1. The summed E-state index contributed by atoms with van der Waals surface area (Å²) in [4.78, 5) is 14.2. The van der Waals surface area contributed by atoms with Gasteiger partial charge in [-0.2, -0.15) is 0 Å². The van der Waals surface area contributed by atoms with Crippen LogP contribution in [0.1, 0.15) is 42.9 Å². The molecule has 0 aromatic heterocycles. The third-order valence-corrected chi connectivity index (χ3v) is 8.36. The van der Waals surface area contributed by atoms with Crippen LogP contribution in [0.2, 0.25) is 10.0 Å². The maximum absolute atomic E-state index is 10.8. The molecule has 0 saturated carbocycles. The normalized spacial score (nSPS) is 17.0. The van der Waals surface area contributed by atoms with Crippen molar-refractivity contribution in [3.8, 4) is 5.75 Å². The number of carboxylic acid groups (broad SMARTS) is 1. The summed E-state index contributed by atoms with van der Waals surface area (Å²) in [6.45, 7) is 5.25. The van der Waals surface area contributed by atoms with E-state index in [1.165, 1.54) is 5.56 Å². The number of carboxylic acids is 1. The van der Waals surface area contributed by atoms with E-state index in [0.29, 0.717) is 23.9 Å². The molecule has 174 valence electrons. The van der Waals surface area contributed by atoms with Gasteiger partial charge < -0.3 is 14.7 Å². The Labute approximate surface area is 210 Å². The molecule has 0 bridgehead atoms. The molecule has 1 fully saturated rings. The summed E-state index contributed by atoms with van der Waals surface area (Å²) in [5.74, 6) is 0.959. The lowest BCUT2D eigenvalue weighted by atomic mass is 9.74. The highest BCUT2D eigenvalue weighted by atomic mass is 35.5. The first-order chi connectivity index (χ1) is 14.9. The minimum atomic E-state index is -0.733. The molecule has 1 saturated heterocycles. The zero-order chi connectivity index (χ0) is 22.0. The lowest BCUT2D eigenvalue weighted by Crippen LogP contribution is -2.44. The number of thioether (sulfide) groups is 1. The highest BCUT2D eigenvalue weighted by Crippen LogP contribution is 2.47. The van der Waals surface area contributed by atoms with Gasteiger partial charge in [-0.15, -0.1) is 24.2 Å². The van der Waals surface area contributed by atoms with Crippen LogP contribution in [0.5, 0.6) is 5.75 Å². The SMILES string of the molecule is CCc1ccc(Cl)c(CSc2ccc3c(c2)OCC32CCN(CCC(=O)O)CC2)c1Cl.Cl. The van der Waals surface area contributed by atoms with Gasteiger partial charge in [0.2, 0.25) is 0 Å². The number of rotatable bonds is 7. The van der Waals surface area contributed by atoms with Crippen LogP contribution >= 0.6 is 47.4 Å². The summed E-state index contributed by atoms with van der Waals surface area (Å²) in [6, 6.07) is 10.4. The molecule has 0 radical (unpaired) electrons. The fourth-order valence-corrected chi connectivity index (χ4v) is 6.28. The number of fused-ring (bicyclic) bond motifs is 2. The largest absolute Gasteiger partial charge is 0.492 e. The van der Waals surface area contributed by atoms with E-state index in [1.54, 1.807) is 11.8 Å². The maximum Gasteiger partial charge on any atom is 0.304 e. The molecule has 0 unspecified atom stereocenters. The van der Waals surface area contributed by atoms with E-state index in [4.69, 9.17) is 33.0 Å².